The molecule has 3 atom stereocenters. The van der Waals surface area contributed by atoms with Crippen molar-refractivity contribution < 1.29 is 4.79 Å². The zero-order chi connectivity index (χ0) is 13.1. The highest BCUT2D eigenvalue weighted by atomic mass is 16.2. The highest BCUT2D eigenvalue weighted by Crippen LogP contribution is 2.35. The van der Waals surface area contributed by atoms with Gasteiger partial charge in [0.15, 0.2) is 0 Å². The summed E-state index contributed by atoms with van der Waals surface area (Å²) in [6, 6.07) is 0.594. The van der Waals surface area contributed by atoms with Gasteiger partial charge in [-0.25, -0.2) is 0 Å². The van der Waals surface area contributed by atoms with Crippen molar-refractivity contribution in [3.63, 3.8) is 0 Å². The van der Waals surface area contributed by atoms with Crippen LogP contribution in [0.4, 0.5) is 0 Å². The van der Waals surface area contributed by atoms with E-state index in [-0.39, 0.29) is 0 Å². The van der Waals surface area contributed by atoms with E-state index in [0.29, 0.717) is 11.9 Å². The molecule has 2 saturated heterocycles. The number of likely N-dealkylation sites (tertiary alicyclic amines) is 1. The maximum absolute atomic E-state index is 12.5. The number of fused-ring (bicyclic) bond motifs is 1. The largest absolute Gasteiger partial charge is 0.339 e. The molecule has 0 aromatic heterocycles. The van der Waals surface area contributed by atoms with Crippen molar-refractivity contribution in [2.45, 2.75) is 63.8 Å². The van der Waals surface area contributed by atoms with E-state index in [2.05, 4.69) is 10.2 Å². The van der Waals surface area contributed by atoms with Gasteiger partial charge in [0.1, 0.15) is 0 Å². The number of hydrogen-bond donors (Lipinski definition) is 1. The zero-order valence-corrected chi connectivity index (χ0v) is 12.1. The average Bonchev–Trinajstić information content (AvgIpc) is 2.97. The molecule has 3 fully saturated rings. The fraction of sp³-hybridized carbons (Fsp3) is 0.938. The second-order valence-electron chi connectivity index (χ2n) is 6.74. The molecule has 0 spiro atoms. The highest BCUT2D eigenvalue weighted by Gasteiger charge is 2.35. The summed E-state index contributed by atoms with van der Waals surface area (Å²) in [6.07, 6.45) is 11.1. The molecule has 3 nitrogen and oxygen atoms in total. The molecule has 3 aliphatic rings. The minimum atomic E-state index is 0.448. The Morgan fingerprint density at radius 1 is 1.11 bits per heavy atom. The van der Waals surface area contributed by atoms with E-state index in [1.54, 1.807) is 0 Å². The molecule has 0 bridgehead atoms. The quantitative estimate of drug-likeness (QED) is 0.849. The van der Waals surface area contributed by atoms with Crippen LogP contribution in [0.25, 0.3) is 0 Å². The van der Waals surface area contributed by atoms with Crippen LogP contribution in [0.2, 0.25) is 0 Å². The third kappa shape index (κ3) is 3.13. The second kappa shape index (κ2) is 6.25. The lowest BCUT2D eigenvalue weighted by Gasteiger charge is -2.44. The topological polar surface area (TPSA) is 32.3 Å². The van der Waals surface area contributed by atoms with Crippen LogP contribution in [0.3, 0.4) is 0 Å². The summed E-state index contributed by atoms with van der Waals surface area (Å²) >= 11 is 0. The van der Waals surface area contributed by atoms with Gasteiger partial charge in [0.2, 0.25) is 5.91 Å². The van der Waals surface area contributed by atoms with Gasteiger partial charge in [-0.2, -0.15) is 0 Å². The minimum absolute atomic E-state index is 0.448. The monoisotopic (exact) mass is 264 g/mol. The van der Waals surface area contributed by atoms with Gasteiger partial charge in [-0.15, -0.1) is 0 Å². The molecule has 0 radical (unpaired) electrons. The summed E-state index contributed by atoms with van der Waals surface area (Å²) in [6.45, 7) is 3.30. The number of rotatable bonds is 3. The van der Waals surface area contributed by atoms with Crippen LogP contribution in [-0.2, 0) is 4.79 Å². The Morgan fingerprint density at radius 2 is 1.95 bits per heavy atom. The first-order valence-electron chi connectivity index (χ1n) is 8.35. The Hall–Kier alpha value is -0.570. The van der Waals surface area contributed by atoms with E-state index in [1.165, 1.54) is 44.9 Å². The molecule has 1 unspecified atom stereocenters. The zero-order valence-electron chi connectivity index (χ0n) is 12.1. The second-order valence-corrected chi connectivity index (χ2v) is 6.74. The summed E-state index contributed by atoms with van der Waals surface area (Å²) in [5, 5.41) is 3.40. The predicted octanol–water partition coefficient (Wildman–Crippen LogP) is 2.56. The van der Waals surface area contributed by atoms with Crippen LogP contribution in [0, 0.1) is 11.8 Å². The van der Waals surface area contributed by atoms with Gasteiger partial charge in [0, 0.05) is 19.0 Å². The molecule has 3 rings (SSSR count). The summed E-state index contributed by atoms with van der Waals surface area (Å²) in [5.74, 6) is 2.01. The van der Waals surface area contributed by atoms with E-state index < -0.39 is 0 Å². The Morgan fingerprint density at radius 3 is 2.79 bits per heavy atom. The molecule has 1 aliphatic carbocycles. The SMILES string of the molecule is O=C(CCC1CCNC1)N1CCC[C@H]2CCCC[C@H]21. The molecular weight excluding hydrogens is 236 g/mol. The van der Waals surface area contributed by atoms with Crippen LogP contribution in [-0.4, -0.2) is 36.5 Å². The maximum atomic E-state index is 12.5. The summed E-state index contributed by atoms with van der Waals surface area (Å²) < 4.78 is 0. The fourth-order valence-corrected chi connectivity index (χ4v) is 4.37. The van der Waals surface area contributed by atoms with Gasteiger partial charge in [-0.1, -0.05) is 12.8 Å². The molecule has 3 heteroatoms. The first-order chi connectivity index (χ1) is 9.34. The Kier molecular flexibility index (Phi) is 4.42. The predicted molar refractivity (Wildman–Crippen MR) is 76.9 cm³/mol. The lowest BCUT2D eigenvalue weighted by atomic mass is 9.78. The standard InChI is InChI=1S/C16H28N2O/c19-16(8-7-13-9-10-17-12-13)18-11-3-5-14-4-1-2-6-15(14)18/h13-15,17H,1-12H2/t13?,14-,15-/m1/s1. The smallest absolute Gasteiger partial charge is 0.222 e. The maximum Gasteiger partial charge on any atom is 0.222 e. The lowest BCUT2D eigenvalue weighted by Crippen LogP contribution is -2.49. The van der Waals surface area contributed by atoms with Crippen LogP contribution >= 0.6 is 0 Å². The molecule has 19 heavy (non-hydrogen) atoms. The number of hydrogen-bond acceptors (Lipinski definition) is 2. The summed E-state index contributed by atoms with van der Waals surface area (Å²) in [5.41, 5.74) is 0. The third-order valence-corrected chi connectivity index (χ3v) is 5.49. The Balaban J connectivity index is 1.52. The third-order valence-electron chi connectivity index (χ3n) is 5.49. The number of carbonyl (C=O) groups is 1. The highest BCUT2D eigenvalue weighted by molar-refractivity contribution is 5.76. The minimum Gasteiger partial charge on any atom is -0.339 e. The van der Waals surface area contributed by atoms with Crippen molar-refractivity contribution in [2.75, 3.05) is 19.6 Å². The van der Waals surface area contributed by atoms with Crippen LogP contribution < -0.4 is 5.32 Å². The lowest BCUT2D eigenvalue weighted by molar-refractivity contribution is -0.137. The van der Waals surface area contributed by atoms with E-state index in [1.807, 2.05) is 0 Å². The van der Waals surface area contributed by atoms with Crippen molar-refractivity contribution in [2.24, 2.45) is 11.8 Å². The Labute approximate surface area is 117 Å². The van der Waals surface area contributed by atoms with Crippen molar-refractivity contribution in [1.82, 2.24) is 10.2 Å². The summed E-state index contributed by atoms with van der Waals surface area (Å²) in [4.78, 5) is 14.8. The molecule has 1 saturated carbocycles. The first kappa shape index (κ1) is 13.4. The molecule has 1 amide bonds. The van der Waals surface area contributed by atoms with Crippen molar-refractivity contribution in [3.05, 3.63) is 0 Å². The van der Waals surface area contributed by atoms with Gasteiger partial charge in [-0.05, 0) is 63.5 Å². The number of carbonyl (C=O) groups excluding carboxylic acids is 1. The van der Waals surface area contributed by atoms with Crippen molar-refractivity contribution in [3.8, 4) is 0 Å². The van der Waals surface area contributed by atoms with Gasteiger partial charge in [0.05, 0.1) is 0 Å². The number of nitrogens with one attached hydrogen (secondary N) is 1. The van der Waals surface area contributed by atoms with E-state index >= 15 is 0 Å². The van der Waals surface area contributed by atoms with Crippen molar-refractivity contribution in [1.29, 1.82) is 0 Å². The van der Waals surface area contributed by atoms with Crippen molar-refractivity contribution >= 4 is 5.91 Å². The summed E-state index contributed by atoms with van der Waals surface area (Å²) in [7, 11) is 0. The number of nitrogens with zero attached hydrogens (tertiary/aromatic N) is 1. The molecule has 0 aromatic rings. The molecule has 2 aliphatic heterocycles. The number of amides is 1. The van der Waals surface area contributed by atoms with Crippen LogP contribution in [0.15, 0.2) is 0 Å². The molecule has 0 aromatic carbocycles. The van der Waals surface area contributed by atoms with Crippen LogP contribution in [0.1, 0.15) is 57.8 Å². The normalized spacial score (nSPS) is 35.2. The van der Waals surface area contributed by atoms with Gasteiger partial charge < -0.3 is 10.2 Å². The van der Waals surface area contributed by atoms with Gasteiger partial charge in [0.25, 0.3) is 0 Å². The Bertz CT molecular complexity index is 310. The molecular formula is C16H28N2O. The van der Waals surface area contributed by atoms with Gasteiger partial charge in [-0.3, -0.25) is 4.79 Å². The molecule has 2 heterocycles. The number of piperidine rings is 1. The first-order valence-corrected chi connectivity index (χ1v) is 8.35. The molecule has 108 valence electrons. The van der Waals surface area contributed by atoms with Crippen LogP contribution in [0.5, 0.6) is 0 Å². The molecule has 1 N–H and O–H groups in total. The van der Waals surface area contributed by atoms with E-state index in [9.17, 15) is 4.79 Å². The van der Waals surface area contributed by atoms with E-state index in [0.717, 1.165) is 44.3 Å². The average molecular weight is 264 g/mol. The van der Waals surface area contributed by atoms with E-state index in [4.69, 9.17) is 0 Å². The fourth-order valence-electron chi connectivity index (χ4n) is 4.37. The van der Waals surface area contributed by atoms with Gasteiger partial charge >= 0.3 is 0 Å².